The number of carbonyl (C=O) groups is 3. The van der Waals surface area contributed by atoms with Crippen molar-refractivity contribution in [1.29, 1.82) is 0 Å². The van der Waals surface area contributed by atoms with Gasteiger partial charge in [-0.1, -0.05) is 19.9 Å². The van der Waals surface area contributed by atoms with Crippen LogP contribution in [0.2, 0.25) is 0 Å². The van der Waals surface area contributed by atoms with Crippen molar-refractivity contribution in [2.75, 3.05) is 10.0 Å². The Morgan fingerprint density at radius 1 is 0.942 bits per heavy atom. The summed E-state index contributed by atoms with van der Waals surface area (Å²) in [5, 5.41) is 5.03. The maximum Gasteiger partial charge on any atom is 0.336 e. The van der Waals surface area contributed by atoms with Gasteiger partial charge in [-0.25, -0.2) is 36.3 Å². The van der Waals surface area contributed by atoms with Gasteiger partial charge in [-0.3, -0.25) is 19.1 Å². The van der Waals surface area contributed by atoms with E-state index in [1.807, 2.05) is 18.6 Å². The van der Waals surface area contributed by atoms with Crippen molar-refractivity contribution in [2.24, 2.45) is 13.0 Å². The molecule has 3 N–H and O–H groups in total. The molecule has 4 aromatic rings. The van der Waals surface area contributed by atoms with E-state index < -0.39 is 68.2 Å². The minimum atomic E-state index is -4.44. The van der Waals surface area contributed by atoms with Gasteiger partial charge in [0.15, 0.2) is 0 Å². The molecule has 0 saturated carbocycles. The topological polar surface area (TPSA) is 188 Å². The summed E-state index contributed by atoms with van der Waals surface area (Å²) in [7, 11) is -2.98. The van der Waals surface area contributed by atoms with Gasteiger partial charge in [-0.15, -0.1) is 0 Å². The molecule has 0 spiro atoms. The Morgan fingerprint density at radius 3 is 2.21 bits per heavy atom. The normalized spacial score (nSPS) is 12.0. The first-order valence-electron chi connectivity index (χ1n) is 16.2. The number of benzene rings is 2. The molecule has 276 valence electrons. The Bertz CT molecular complexity index is 2180. The molecule has 17 heteroatoms. The Balaban J connectivity index is 1.51. The highest BCUT2D eigenvalue weighted by Crippen LogP contribution is 2.24. The molecule has 14 nitrogen and oxygen atoms in total. The summed E-state index contributed by atoms with van der Waals surface area (Å²) in [4.78, 5) is 67.1. The van der Waals surface area contributed by atoms with Crippen LogP contribution < -0.4 is 26.6 Å². The number of sulfonamides is 1. The third-order valence-corrected chi connectivity index (χ3v) is 9.29. The monoisotopic (exact) mass is 740 g/mol. The standard InChI is InChI=1S/C35H38F2N6O8S/c1-6-22(7-2)32(45)39-23-9-11-24(12-10-23)52(49,50)41-28-18-26(36)25(17-27(28)37)33(46)40-29(34(47)51-20(3)4)16-21-8-13-30(38-19-21)43-31(44)14-15-42(5)35(43)48/h8-15,17-20,22,29,41H,6-7,16H2,1-5H3,(H,39,45)(H,40,46)/t29-/m0/s1. The van der Waals surface area contributed by atoms with Crippen molar-refractivity contribution < 1.29 is 36.3 Å². The molecule has 0 radical (unpaired) electrons. The fourth-order valence-corrected chi connectivity index (χ4v) is 6.11. The zero-order valence-electron chi connectivity index (χ0n) is 29.0. The minimum absolute atomic E-state index is 0.00609. The number of anilines is 2. The minimum Gasteiger partial charge on any atom is -0.461 e. The van der Waals surface area contributed by atoms with Gasteiger partial charge in [-0.2, -0.15) is 0 Å². The second-order valence-electron chi connectivity index (χ2n) is 12.1. The number of aryl methyl sites for hydroxylation is 1. The van der Waals surface area contributed by atoms with E-state index in [9.17, 15) is 32.4 Å². The molecular formula is C35H38F2N6O8S. The van der Waals surface area contributed by atoms with E-state index in [0.29, 0.717) is 36.2 Å². The van der Waals surface area contributed by atoms with Crippen molar-refractivity contribution in [3.8, 4) is 5.82 Å². The third-order valence-electron chi connectivity index (χ3n) is 7.91. The molecule has 1 atom stereocenters. The molecule has 0 bridgehead atoms. The molecule has 0 aliphatic heterocycles. The number of amides is 2. The Morgan fingerprint density at radius 2 is 1.62 bits per heavy atom. The summed E-state index contributed by atoms with van der Waals surface area (Å²) in [5.41, 5.74) is -2.16. The van der Waals surface area contributed by atoms with E-state index in [1.165, 1.54) is 66.5 Å². The van der Waals surface area contributed by atoms with Crippen LogP contribution >= 0.6 is 0 Å². The number of aromatic nitrogens is 3. The molecule has 2 aromatic carbocycles. The lowest BCUT2D eigenvalue weighted by Gasteiger charge is -2.20. The van der Waals surface area contributed by atoms with Crippen molar-refractivity contribution >= 4 is 39.2 Å². The number of nitrogens with one attached hydrogen (secondary N) is 3. The van der Waals surface area contributed by atoms with Crippen molar-refractivity contribution in [2.45, 2.75) is 64.0 Å². The van der Waals surface area contributed by atoms with Gasteiger partial charge in [0.2, 0.25) is 5.91 Å². The quantitative estimate of drug-likeness (QED) is 0.162. The summed E-state index contributed by atoms with van der Waals surface area (Å²) < 4.78 is 65.7. The molecule has 0 saturated heterocycles. The van der Waals surface area contributed by atoms with E-state index >= 15 is 8.78 Å². The summed E-state index contributed by atoms with van der Waals surface area (Å²) in [6.07, 6.45) is 3.01. The fraction of sp³-hybridized carbons (Fsp3) is 0.314. The molecule has 2 heterocycles. The highest BCUT2D eigenvalue weighted by atomic mass is 32.2. The molecule has 4 rings (SSSR count). The first-order valence-corrected chi connectivity index (χ1v) is 17.7. The van der Waals surface area contributed by atoms with Crippen LogP contribution in [-0.2, 0) is 37.8 Å². The molecule has 2 aromatic heterocycles. The average Bonchev–Trinajstić information content (AvgIpc) is 3.08. The number of nitrogens with zero attached hydrogens (tertiary/aromatic N) is 3. The lowest BCUT2D eigenvalue weighted by Crippen LogP contribution is -2.44. The van der Waals surface area contributed by atoms with E-state index in [4.69, 9.17) is 4.74 Å². The van der Waals surface area contributed by atoms with Crippen LogP contribution in [0.25, 0.3) is 5.82 Å². The molecule has 0 fully saturated rings. The van der Waals surface area contributed by atoms with Crippen LogP contribution in [-0.4, -0.2) is 52.5 Å². The first-order chi connectivity index (χ1) is 24.5. The van der Waals surface area contributed by atoms with Crippen molar-refractivity contribution in [3.63, 3.8) is 0 Å². The van der Waals surface area contributed by atoms with Crippen molar-refractivity contribution in [1.82, 2.24) is 19.4 Å². The van der Waals surface area contributed by atoms with E-state index in [0.717, 1.165) is 4.57 Å². The largest absolute Gasteiger partial charge is 0.461 e. The second kappa shape index (κ2) is 16.5. The second-order valence-corrected chi connectivity index (χ2v) is 13.8. The zero-order valence-corrected chi connectivity index (χ0v) is 29.8. The highest BCUT2D eigenvalue weighted by Gasteiger charge is 2.27. The zero-order chi connectivity index (χ0) is 38.3. The Labute approximate surface area is 297 Å². The SMILES string of the molecule is CCC(CC)C(=O)Nc1ccc(S(=O)(=O)Nc2cc(F)c(C(=O)N[C@@H](Cc3ccc(-n4c(=O)ccn(C)c4=O)nc3)C(=O)OC(C)C)cc2F)cc1. The Hall–Kier alpha value is -5.71. The van der Waals surface area contributed by atoms with Gasteiger partial charge >= 0.3 is 11.7 Å². The predicted molar refractivity (Wildman–Crippen MR) is 188 cm³/mol. The van der Waals surface area contributed by atoms with Crippen LogP contribution in [0, 0.1) is 17.6 Å². The van der Waals surface area contributed by atoms with Crippen LogP contribution in [0.1, 0.15) is 56.5 Å². The number of ether oxygens (including phenoxy) is 1. The number of hydrogen-bond acceptors (Lipinski definition) is 9. The molecule has 0 unspecified atom stereocenters. The molecule has 2 amide bonds. The summed E-state index contributed by atoms with van der Waals surface area (Å²) in [6, 6.07) is 8.65. The smallest absolute Gasteiger partial charge is 0.336 e. The highest BCUT2D eigenvalue weighted by molar-refractivity contribution is 7.92. The molecule has 52 heavy (non-hydrogen) atoms. The molecular weight excluding hydrogens is 702 g/mol. The lowest BCUT2D eigenvalue weighted by atomic mass is 10.0. The average molecular weight is 741 g/mol. The van der Waals surface area contributed by atoms with E-state index in [-0.39, 0.29) is 29.0 Å². The number of halogens is 2. The summed E-state index contributed by atoms with van der Waals surface area (Å²) in [5.74, 6) is -5.10. The number of esters is 1. The third kappa shape index (κ3) is 9.34. The lowest BCUT2D eigenvalue weighted by molar-refractivity contribution is -0.149. The van der Waals surface area contributed by atoms with E-state index in [1.54, 1.807) is 13.8 Å². The van der Waals surface area contributed by atoms with E-state index in [2.05, 4.69) is 15.6 Å². The number of pyridine rings is 1. The van der Waals surface area contributed by atoms with Gasteiger partial charge in [0.05, 0.1) is 22.3 Å². The van der Waals surface area contributed by atoms with Crippen LogP contribution in [0.15, 0.2) is 81.5 Å². The molecule has 0 aliphatic rings. The summed E-state index contributed by atoms with van der Waals surface area (Å²) >= 11 is 0. The van der Waals surface area contributed by atoms with Gasteiger partial charge in [0.25, 0.3) is 21.5 Å². The molecule has 0 aliphatic carbocycles. The van der Waals surface area contributed by atoms with Gasteiger partial charge < -0.3 is 19.9 Å². The maximum absolute atomic E-state index is 15.3. The maximum atomic E-state index is 15.3. The number of carbonyl (C=O) groups excluding carboxylic acids is 3. The fourth-order valence-electron chi connectivity index (χ4n) is 5.05. The number of rotatable bonds is 14. The van der Waals surface area contributed by atoms with Crippen LogP contribution in [0.3, 0.4) is 0 Å². The van der Waals surface area contributed by atoms with Gasteiger partial charge in [-0.05, 0) is 68.7 Å². The first kappa shape index (κ1) is 39.1. The van der Waals surface area contributed by atoms with Crippen LogP contribution in [0.5, 0.6) is 0 Å². The van der Waals surface area contributed by atoms with Crippen molar-refractivity contribution in [3.05, 3.63) is 111 Å². The summed E-state index contributed by atoms with van der Waals surface area (Å²) in [6.45, 7) is 6.89. The predicted octanol–water partition coefficient (Wildman–Crippen LogP) is 3.68. The van der Waals surface area contributed by atoms with Gasteiger partial charge in [0, 0.05) is 49.6 Å². The number of hydrogen-bond donors (Lipinski definition) is 3. The Kier molecular flexibility index (Phi) is 12.4. The van der Waals surface area contributed by atoms with Crippen LogP contribution in [0.4, 0.5) is 20.2 Å². The van der Waals surface area contributed by atoms with Gasteiger partial charge in [0.1, 0.15) is 23.5 Å².